The van der Waals surface area contributed by atoms with Gasteiger partial charge >= 0.3 is 0 Å². The molecule has 3 rings (SSSR count). The van der Waals surface area contributed by atoms with Gasteiger partial charge in [0.15, 0.2) is 12.4 Å². The maximum absolute atomic E-state index is 2.16. The molecule has 0 fully saturated rings. The third kappa shape index (κ3) is 0.956. The number of hydrogen-bond acceptors (Lipinski definition) is 1. The zero-order valence-electron chi connectivity index (χ0n) is 6.97. The van der Waals surface area contributed by atoms with E-state index in [4.69, 9.17) is 0 Å². The lowest BCUT2D eigenvalue weighted by Crippen LogP contribution is -2.19. The van der Waals surface area contributed by atoms with Crippen LogP contribution in [0, 0.1) is 0 Å². The van der Waals surface area contributed by atoms with Gasteiger partial charge in [-0.05, 0) is 17.5 Å². The molecule has 62 valence electrons. The molecule has 3 aromatic rings. The zero-order chi connectivity index (χ0) is 8.67. The Balaban J connectivity index is 2.65. The van der Waals surface area contributed by atoms with Gasteiger partial charge in [-0.25, -0.2) is 0 Å². The lowest BCUT2D eigenvalue weighted by Gasteiger charge is -1.90. The summed E-state index contributed by atoms with van der Waals surface area (Å²) in [6, 6.07) is 10.6. The molecule has 0 bridgehead atoms. The number of pyridine rings is 2. The van der Waals surface area contributed by atoms with E-state index in [2.05, 4.69) is 46.4 Å². The van der Waals surface area contributed by atoms with Crippen LogP contribution >= 0.6 is 11.3 Å². The first kappa shape index (κ1) is 7.04. The smallest absolute Gasteiger partial charge is 0.166 e. The number of rotatable bonds is 0. The fourth-order valence-corrected chi connectivity index (χ4v) is 2.51. The molecular formula is C11H8NS+. The maximum Gasteiger partial charge on any atom is 0.228 e. The first-order valence-corrected chi connectivity index (χ1v) is 5.09. The van der Waals surface area contributed by atoms with Crippen molar-refractivity contribution < 1.29 is 4.40 Å². The Morgan fingerprint density at radius 3 is 3.00 bits per heavy atom. The minimum atomic E-state index is 1.29. The third-order valence-corrected chi connectivity index (χ3v) is 3.19. The molecule has 0 saturated carbocycles. The van der Waals surface area contributed by atoms with Crippen LogP contribution in [0.25, 0.3) is 15.6 Å². The van der Waals surface area contributed by atoms with Crippen LogP contribution in [-0.2, 0) is 0 Å². The predicted octanol–water partition coefficient (Wildman–Crippen LogP) is 2.64. The van der Waals surface area contributed by atoms with Crippen LogP contribution in [0.4, 0.5) is 0 Å². The van der Waals surface area contributed by atoms with Crippen molar-refractivity contribution in [3.63, 3.8) is 0 Å². The van der Waals surface area contributed by atoms with Crippen LogP contribution in [0.1, 0.15) is 0 Å². The Morgan fingerprint density at radius 1 is 1.00 bits per heavy atom. The highest BCUT2D eigenvalue weighted by atomic mass is 32.1. The van der Waals surface area contributed by atoms with E-state index in [0.717, 1.165) is 0 Å². The molecule has 0 radical (unpaired) electrons. The van der Waals surface area contributed by atoms with E-state index in [9.17, 15) is 0 Å². The third-order valence-electron chi connectivity index (χ3n) is 2.23. The monoisotopic (exact) mass is 186 g/mol. The fraction of sp³-hybridized carbons (Fsp3) is 0. The van der Waals surface area contributed by atoms with Crippen molar-refractivity contribution in [2.75, 3.05) is 0 Å². The standard InChI is InChI=1S/C11H8NS/c1-2-6-12-7-4-9-5-8-13-11(9)10(12)3-1/h1-8H/q+1. The van der Waals surface area contributed by atoms with Crippen LogP contribution in [0.2, 0.25) is 0 Å². The van der Waals surface area contributed by atoms with Crippen LogP contribution in [0.3, 0.4) is 0 Å². The van der Waals surface area contributed by atoms with Gasteiger partial charge in [0.25, 0.3) is 0 Å². The number of nitrogens with zero attached hydrogens (tertiary/aromatic N) is 1. The number of fused-ring (bicyclic) bond motifs is 3. The summed E-state index contributed by atoms with van der Waals surface area (Å²) >= 11 is 1.80. The molecule has 13 heavy (non-hydrogen) atoms. The van der Waals surface area contributed by atoms with E-state index in [1.54, 1.807) is 11.3 Å². The lowest BCUT2D eigenvalue weighted by atomic mass is 10.3. The van der Waals surface area contributed by atoms with Gasteiger partial charge < -0.3 is 0 Å². The summed E-state index contributed by atoms with van der Waals surface area (Å²) in [5.41, 5.74) is 1.29. The molecule has 0 N–H and O–H groups in total. The lowest BCUT2D eigenvalue weighted by molar-refractivity contribution is -0.510. The van der Waals surface area contributed by atoms with Crippen LogP contribution in [0.5, 0.6) is 0 Å². The van der Waals surface area contributed by atoms with E-state index >= 15 is 0 Å². The Kier molecular flexibility index (Phi) is 1.37. The maximum atomic E-state index is 2.16. The van der Waals surface area contributed by atoms with Crippen LogP contribution in [-0.4, -0.2) is 0 Å². The molecule has 0 spiro atoms. The van der Waals surface area contributed by atoms with Gasteiger partial charge in [-0.1, -0.05) is 0 Å². The average Bonchev–Trinajstić information content (AvgIpc) is 2.65. The molecule has 0 amide bonds. The molecule has 3 aromatic heterocycles. The van der Waals surface area contributed by atoms with Crippen molar-refractivity contribution in [1.29, 1.82) is 0 Å². The first-order valence-electron chi connectivity index (χ1n) is 4.21. The highest BCUT2D eigenvalue weighted by molar-refractivity contribution is 7.18. The van der Waals surface area contributed by atoms with Crippen molar-refractivity contribution in [1.82, 2.24) is 0 Å². The average molecular weight is 186 g/mol. The molecular weight excluding hydrogens is 178 g/mol. The highest BCUT2D eigenvalue weighted by Gasteiger charge is 2.06. The zero-order valence-corrected chi connectivity index (χ0v) is 7.79. The Hall–Kier alpha value is -1.41. The molecule has 3 heterocycles. The van der Waals surface area contributed by atoms with Gasteiger partial charge in [0.2, 0.25) is 5.52 Å². The number of thiophene rings is 1. The molecule has 0 aliphatic rings. The molecule has 1 nitrogen and oxygen atoms in total. The van der Waals surface area contributed by atoms with Gasteiger partial charge in [0.1, 0.15) is 4.70 Å². The molecule has 0 aliphatic carbocycles. The van der Waals surface area contributed by atoms with Gasteiger partial charge in [0.05, 0.1) is 0 Å². The van der Waals surface area contributed by atoms with E-state index in [-0.39, 0.29) is 0 Å². The molecule has 0 saturated heterocycles. The molecule has 0 aromatic carbocycles. The molecule has 2 heteroatoms. The van der Waals surface area contributed by atoms with Crippen molar-refractivity contribution in [2.45, 2.75) is 0 Å². The minimum Gasteiger partial charge on any atom is -0.166 e. The quantitative estimate of drug-likeness (QED) is 0.475. The fourth-order valence-electron chi connectivity index (χ4n) is 1.60. The Morgan fingerprint density at radius 2 is 2.00 bits per heavy atom. The summed E-state index contributed by atoms with van der Waals surface area (Å²) in [5, 5.41) is 3.47. The Labute approximate surface area is 79.9 Å². The van der Waals surface area contributed by atoms with Gasteiger partial charge in [0, 0.05) is 23.6 Å². The minimum absolute atomic E-state index is 1.29. The van der Waals surface area contributed by atoms with Gasteiger partial charge in [-0.2, -0.15) is 4.40 Å². The summed E-state index contributed by atoms with van der Waals surface area (Å²) in [7, 11) is 0. The second-order valence-corrected chi connectivity index (χ2v) is 3.93. The number of hydrogen-bond donors (Lipinski definition) is 0. The predicted molar refractivity (Wildman–Crippen MR) is 55.0 cm³/mol. The van der Waals surface area contributed by atoms with E-state index in [1.807, 2.05) is 6.07 Å². The Bertz CT molecular complexity index is 568. The van der Waals surface area contributed by atoms with E-state index < -0.39 is 0 Å². The summed E-state index contributed by atoms with van der Waals surface area (Å²) in [6.45, 7) is 0. The van der Waals surface area contributed by atoms with Gasteiger partial charge in [-0.3, -0.25) is 0 Å². The van der Waals surface area contributed by atoms with E-state index in [1.165, 1.54) is 15.6 Å². The SMILES string of the molecule is c1cc[n+]2ccc3ccsc3c2c1. The molecule has 0 unspecified atom stereocenters. The normalized spacial score (nSPS) is 11.1. The largest absolute Gasteiger partial charge is 0.228 e. The highest BCUT2D eigenvalue weighted by Crippen LogP contribution is 2.22. The summed E-state index contributed by atoms with van der Waals surface area (Å²) < 4.78 is 3.52. The summed E-state index contributed by atoms with van der Waals surface area (Å²) in [4.78, 5) is 0. The van der Waals surface area contributed by atoms with Crippen molar-refractivity contribution in [3.05, 3.63) is 48.1 Å². The van der Waals surface area contributed by atoms with Crippen LogP contribution in [0.15, 0.2) is 48.1 Å². The van der Waals surface area contributed by atoms with E-state index in [0.29, 0.717) is 0 Å². The topological polar surface area (TPSA) is 4.10 Å². The summed E-state index contributed by atoms with van der Waals surface area (Å²) in [5.74, 6) is 0. The summed E-state index contributed by atoms with van der Waals surface area (Å²) in [6.07, 6.45) is 4.18. The second-order valence-electron chi connectivity index (χ2n) is 3.01. The van der Waals surface area contributed by atoms with Crippen molar-refractivity contribution in [2.24, 2.45) is 0 Å². The first-order chi connectivity index (χ1) is 6.45. The molecule has 0 aliphatic heterocycles. The van der Waals surface area contributed by atoms with Crippen molar-refractivity contribution >= 4 is 26.9 Å². The second kappa shape index (κ2) is 2.54. The van der Waals surface area contributed by atoms with Crippen LogP contribution < -0.4 is 4.40 Å². The van der Waals surface area contributed by atoms with Gasteiger partial charge in [-0.15, -0.1) is 11.3 Å². The number of aromatic nitrogens is 1. The molecule has 0 atom stereocenters. The van der Waals surface area contributed by atoms with Crippen molar-refractivity contribution in [3.8, 4) is 0 Å².